The number of sulfonamides is 1. The van der Waals surface area contributed by atoms with Crippen molar-refractivity contribution in [2.24, 2.45) is 5.41 Å². The smallest absolute Gasteiger partial charge is 0.243 e. The fourth-order valence-corrected chi connectivity index (χ4v) is 5.62. The number of rotatable bonds is 4. The van der Waals surface area contributed by atoms with Gasteiger partial charge in [-0.1, -0.05) is 6.07 Å². The number of amides is 1. The maximum atomic E-state index is 13.2. The molecule has 0 aromatic heterocycles. The number of carbonyl (C=O) groups excluding carboxylic acids is 1. The summed E-state index contributed by atoms with van der Waals surface area (Å²) in [4.78, 5) is 14.4. The summed E-state index contributed by atoms with van der Waals surface area (Å²) in [7, 11) is -2.18. The molecule has 0 bridgehead atoms. The highest BCUT2D eigenvalue weighted by Gasteiger charge is 2.50. The van der Waals surface area contributed by atoms with Gasteiger partial charge in [0.2, 0.25) is 15.9 Å². The van der Waals surface area contributed by atoms with Gasteiger partial charge in [0.15, 0.2) is 0 Å². The zero-order valence-corrected chi connectivity index (χ0v) is 16.3. The largest absolute Gasteiger partial charge is 0.497 e. The van der Waals surface area contributed by atoms with Crippen LogP contribution in [0.4, 0.5) is 10.1 Å². The Labute approximate surface area is 163 Å². The molecular formula is C20H21FN2O4S. The number of halogens is 1. The highest BCUT2D eigenvalue weighted by Crippen LogP contribution is 2.43. The summed E-state index contributed by atoms with van der Waals surface area (Å²) >= 11 is 0. The van der Waals surface area contributed by atoms with E-state index in [1.807, 2.05) is 0 Å². The van der Waals surface area contributed by atoms with E-state index < -0.39 is 15.4 Å². The molecule has 6 nitrogen and oxygen atoms in total. The lowest BCUT2D eigenvalue weighted by molar-refractivity contribution is -0.117. The highest BCUT2D eigenvalue weighted by molar-refractivity contribution is 7.89. The maximum absolute atomic E-state index is 13.2. The van der Waals surface area contributed by atoms with Crippen molar-refractivity contribution in [3.63, 3.8) is 0 Å². The van der Waals surface area contributed by atoms with E-state index in [0.29, 0.717) is 30.9 Å². The van der Waals surface area contributed by atoms with Crippen molar-refractivity contribution in [2.75, 3.05) is 31.6 Å². The summed E-state index contributed by atoms with van der Waals surface area (Å²) < 4.78 is 45.8. The minimum Gasteiger partial charge on any atom is -0.497 e. The lowest BCUT2D eigenvalue weighted by Crippen LogP contribution is -2.34. The van der Waals surface area contributed by atoms with Crippen molar-refractivity contribution < 1.29 is 22.3 Å². The molecule has 1 spiro atoms. The molecule has 1 amide bonds. The van der Waals surface area contributed by atoms with Crippen LogP contribution in [-0.4, -0.2) is 45.4 Å². The number of anilines is 1. The molecule has 148 valence electrons. The molecule has 2 aliphatic heterocycles. The Morgan fingerprint density at radius 2 is 1.86 bits per heavy atom. The van der Waals surface area contributed by atoms with E-state index in [0.717, 1.165) is 0 Å². The van der Waals surface area contributed by atoms with E-state index in [-0.39, 0.29) is 29.6 Å². The molecule has 2 heterocycles. The van der Waals surface area contributed by atoms with Crippen molar-refractivity contribution >= 4 is 21.6 Å². The third-order valence-corrected chi connectivity index (χ3v) is 7.38. The maximum Gasteiger partial charge on any atom is 0.243 e. The van der Waals surface area contributed by atoms with E-state index in [1.165, 1.54) is 29.6 Å². The van der Waals surface area contributed by atoms with Gasteiger partial charge >= 0.3 is 0 Å². The molecule has 2 aromatic carbocycles. The lowest BCUT2D eigenvalue weighted by atomic mass is 9.86. The SMILES string of the molecule is COc1cccc(S(=O)(=O)N2CC[C@@]3(CC(=O)N(c4ccc(F)cc4)C3)C2)c1. The molecular weight excluding hydrogens is 383 g/mol. The normalized spacial score (nSPS) is 22.9. The summed E-state index contributed by atoms with van der Waals surface area (Å²) in [6, 6.07) is 12.2. The quantitative estimate of drug-likeness (QED) is 0.786. The summed E-state index contributed by atoms with van der Waals surface area (Å²) in [5.41, 5.74) is 0.217. The van der Waals surface area contributed by atoms with Crippen LogP contribution in [-0.2, 0) is 14.8 Å². The van der Waals surface area contributed by atoms with Gasteiger partial charge in [0.05, 0.1) is 12.0 Å². The number of nitrogens with zero attached hydrogens (tertiary/aromatic N) is 2. The van der Waals surface area contributed by atoms with E-state index in [2.05, 4.69) is 0 Å². The lowest BCUT2D eigenvalue weighted by Gasteiger charge is -2.24. The van der Waals surface area contributed by atoms with Crippen LogP contribution in [0.3, 0.4) is 0 Å². The fraction of sp³-hybridized carbons (Fsp3) is 0.350. The van der Waals surface area contributed by atoms with E-state index in [9.17, 15) is 17.6 Å². The summed E-state index contributed by atoms with van der Waals surface area (Å²) in [6.07, 6.45) is 0.897. The van der Waals surface area contributed by atoms with Gasteiger partial charge in [-0.2, -0.15) is 4.31 Å². The van der Waals surface area contributed by atoms with Crippen LogP contribution >= 0.6 is 0 Å². The molecule has 4 rings (SSSR count). The van der Waals surface area contributed by atoms with Crippen molar-refractivity contribution in [1.82, 2.24) is 4.31 Å². The Hall–Kier alpha value is -2.45. The second kappa shape index (κ2) is 6.86. The number of hydrogen-bond donors (Lipinski definition) is 0. The zero-order valence-electron chi connectivity index (χ0n) is 15.5. The minimum absolute atomic E-state index is 0.0627. The average Bonchev–Trinajstić information content (AvgIpc) is 3.26. The average molecular weight is 404 g/mol. The molecule has 8 heteroatoms. The van der Waals surface area contributed by atoms with Crippen molar-refractivity contribution in [1.29, 1.82) is 0 Å². The Bertz CT molecular complexity index is 1010. The molecule has 2 fully saturated rings. The molecule has 0 saturated carbocycles. The van der Waals surface area contributed by atoms with Crippen molar-refractivity contribution in [3.05, 3.63) is 54.3 Å². The van der Waals surface area contributed by atoms with Gasteiger partial charge in [-0.25, -0.2) is 12.8 Å². The molecule has 0 N–H and O–H groups in total. The van der Waals surface area contributed by atoms with Gasteiger partial charge in [0, 0.05) is 43.2 Å². The van der Waals surface area contributed by atoms with Crippen molar-refractivity contribution in [3.8, 4) is 5.75 Å². The van der Waals surface area contributed by atoms with E-state index in [4.69, 9.17) is 4.74 Å². The number of methoxy groups -OCH3 is 1. The Morgan fingerprint density at radius 3 is 2.57 bits per heavy atom. The Kier molecular flexibility index (Phi) is 4.63. The monoisotopic (exact) mass is 404 g/mol. The third-order valence-electron chi connectivity index (χ3n) is 5.54. The number of hydrogen-bond acceptors (Lipinski definition) is 4. The first-order chi connectivity index (χ1) is 13.3. The minimum atomic E-state index is -3.67. The van der Waals surface area contributed by atoms with Gasteiger partial charge in [-0.15, -0.1) is 0 Å². The number of ether oxygens (including phenoxy) is 1. The Balaban J connectivity index is 1.55. The van der Waals surface area contributed by atoms with Crippen molar-refractivity contribution in [2.45, 2.75) is 17.7 Å². The highest BCUT2D eigenvalue weighted by atomic mass is 32.2. The first kappa shape index (κ1) is 18.9. The first-order valence-corrected chi connectivity index (χ1v) is 10.5. The molecule has 2 aliphatic rings. The van der Waals surface area contributed by atoms with E-state index >= 15 is 0 Å². The standard InChI is InChI=1S/C20H21FN2O4S/c1-27-17-3-2-4-18(11-17)28(25,26)22-10-9-20(13-22)12-19(24)23(14-20)16-7-5-15(21)6-8-16/h2-8,11H,9-10,12-14H2,1H3/t20-/m1/s1. The van der Waals surface area contributed by atoms with E-state index in [1.54, 1.807) is 35.2 Å². The summed E-state index contributed by atoms with van der Waals surface area (Å²) in [5, 5.41) is 0. The molecule has 0 aliphatic carbocycles. The molecule has 0 unspecified atom stereocenters. The third kappa shape index (κ3) is 3.27. The fourth-order valence-electron chi connectivity index (χ4n) is 4.04. The predicted molar refractivity (Wildman–Crippen MR) is 102 cm³/mol. The summed E-state index contributed by atoms with van der Waals surface area (Å²) in [6.45, 7) is 1.08. The topological polar surface area (TPSA) is 66.9 Å². The van der Waals surface area contributed by atoms with Gasteiger partial charge < -0.3 is 9.64 Å². The number of carbonyl (C=O) groups is 1. The second-order valence-electron chi connectivity index (χ2n) is 7.40. The number of benzene rings is 2. The van der Waals surface area contributed by atoms with Gasteiger partial charge in [-0.3, -0.25) is 4.79 Å². The van der Waals surface area contributed by atoms with Crippen LogP contribution in [0.15, 0.2) is 53.4 Å². The molecule has 1 atom stereocenters. The Morgan fingerprint density at radius 1 is 1.11 bits per heavy atom. The van der Waals surface area contributed by atoms with Crippen LogP contribution in [0, 0.1) is 11.2 Å². The molecule has 2 saturated heterocycles. The predicted octanol–water partition coefficient (Wildman–Crippen LogP) is 2.65. The van der Waals surface area contributed by atoms with Crippen LogP contribution in [0.5, 0.6) is 5.75 Å². The molecule has 28 heavy (non-hydrogen) atoms. The van der Waals surface area contributed by atoms with Gasteiger partial charge in [-0.05, 0) is 42.8 Å². The first-order valence-electron chi connectivity index (χ1n) is 9.03. The van der Waals surface area contributed by atoms with Crippen LogP contribution in [0.25, 0.3) is 0 Å². The second-order valence-corrected chi connectivity index (χ2v) is 9.34. The molecule has 2 aromatic rings. The van der Waals surface area contributed by atoms with Crippen LogP contribution in [0.1, 0.15) is 12.8 Å². The van der Waals surface area contributed by atoms with Gasteiger partial charge in [0.25, 0.3) is 0 Å². The summed E-state index contributed by atoms with van der Waals surface area (Å²) in [5.74, 6) is 0.0577. The van der Waals surface area contributed by atoms with Gasteiger partial charge in [0.1, 0.15) is 11.6 Å². The van der Waals surface area contributed by atoms with Crippen LogP contribution in [0.2, 0.25) is 0 Å². The van der Waals surface area contributed by atoms with Crippen LogP contribution < -0.4 is 9.64 Å². The zero-order chi connectivity index (χ0) is 19.9. The molecule has 0 radical (unpaired) electrons.